The molecule has 0 saturated carbocycles. The van der Waals surface area contributed by atoms with Crippen molar-refractivity contribution < 1.29 is 9.84 Å². The van der Waals surface area contributed by atoms with Gasteiger partial charge in [-0.1, -0.05) is 45.8 Å². The highest BCUT2D eigenvalue weighted by molar-refractivity contribution is 9.10. The molecule has 0 aromatic heterocycles. The van der Waals surface area contributed by atoms with Gasteiger partial charge in [0.1, 0.15) is 12.4 Å². The molecular weight excluding hydrogens is 451 g/mol. The van der Waals surface area contributed by atoms with Crippen LogP contribution < -0.4 is 15.4 Å². The van der Waals surface area contributed by atoms with Gasteiger partial charge in [0.15, 0.2) is 0 Å². The van der Waals surface area contributed by atoms with E-state index in [0.29, 0.717) is 13.2 Å². The fourth-order valence-electron chi connectivity index (χ4n) is 2.38. The molecule has 0 radical (unpaired) electrons. The molecule has 0 aliphatic carbocycles. The summed E-state index contributed by atoms with van der Waals surface area (Å²) in [5.74, 6) is 0.896. The number of ether oxygens (including phenoxy) is 1. The first kappa shape index (κ1) is 26.2. The minimum absolute atomic E-state index is 0. The maximum atomic E-state index is 9.22. The Kier molecular flexibility index (Phi) is 13.8. The Morgan fingerprint density at radius 1 is 1.04 bits per heavy atom. The Morgan fingerprint density at radius 3 is 2.37 bits per heavy atom. The van der Waals surface area contributed by atoms with Crippen LogP contribution in [0.3, 0.4) is 0 Å². The van der Waals surface area contributed by atoms with E-state index in [2.05, 4.69) is 63.8 Å². The molecule has 0 saturated heterocycles. The fraction of sp³-hybridized carbons (Fsp3) is 0.400. The molecular formula is C20H29BrCl2N2O2. The zero-order chi connectivity index (χ0) is 18.1. The Morgan fingerprint density at radius 2 is 1.70 bits per heavy atom. The number of aryl methyl sites for hydroxylation is 1. The van der Waals surface area contributed by atoms with Crippen molar-refractivity contribution in [1.29, 1.82) is 0 Å². The van der Waals surface area contributed by atoms with Crippen molar-refractivity contribution in [3.63, 3.8) is 0 Å². The summed E-state index contributed by atoms with van der Waals surface area (Å²) in [5, 5.41) is 15.8. The number of aliphatic hydroxyl groups excluding tert-OH is 1. The highest BCUT2D eigenvalue weighted by Crippen LogP contribution is 2.24. The summed E-state index contributed by atoms with van der Waals surface area (Å²) in [6.07, 6.45) is -0.313. The third-order valence-corrected chi connectivity index (χ3v) is 4.26. The number of hydrogen-bond acceptors (Lipinski definition) is 4. The molecule has 3 N–H and O–H groups in total. The normalized spacial score (nSPS) is 11.3. The third kappa shape index (κ3) is 10.3. The maximum absolute atomic E-state index is 9.22. The van der Waals surface area contributed by atoms with Crippen molar-refractivity contribution >= 4 is 40.7 Å². The first-order chi connectivity index (χ1) is 12.0. The highest BCUT2D eigenvalue weighted by Gasteiger charge is 2.05. The van der Waals surface area contributed by atoms with Crippen molar-refractivity contribution in [3.8, 4) is 5.75 Å². The van der Waals surface area contributed by atoms with Gasteiger partial charge in [-0.3, -0.25) is 0 Å². The van der Waals surface area contributed by atoms with Crippen LogP contribution in [0.15, 0.2) is 46.9 Å². The molecule has 0 heterocycles. The van der Waals surface area contributed by atoms with Gasteiger partial charge in [0.2, 0.25) is 0 Å². The minimum Gasteiger partial charge on any atom is -0.489 e. The first-order valence-electron chi connectivity index (χ1n) is 8.61. The van der Waals surface area contributed by atoms with E-state index in [1.165, 1.54) is 5.56 Å². The predicted molar refractivity (Wildman–Crippen MR) is 120 cm³/mol. The first-order valence-corrected chi connectivity index (χ1v) is 9.40. The van der Waals surface area contributed by atoms with Crippen LogP contribution in [0.25, 0.3) is 0 Å². The molecule has 4 nitrogen and oxygen atoms in total. The number of hydrogen-bond donors (Lipinski definition) is 3. The third-order valence-electron chi connectivity index (χ3n) is 3.77. The van der Waals surface area contributed by atoms with E-state index in [0.717, 1.165) is 41.0 Å². The molecule has 152 valence electrons. The number of aliphatic hydroxyl groups is 1. The summed E-state index contributed by atoms with van der Waals surface area (Å²) in [6, 6.07) is 14.5. The number of rotatable bonds is 10. The quantitative estimate of drug-likeness (QED) is 0.446. The van der Waals surface area contributed by atoms with Crippen molar-refractivity contribution in [1.82, 2.24) is 10.6 Å². The molecule has 0 aliphatic heterocycles. The molecule has 1 unspecified atom stereocenters. The lowest BCUT2D eigenvalue weighted by Gasteiger charge is -2.13. The van der Waals surface area contributed by atoms with Gasteiger partial charge in [0, 0.05) is 36.2 Å². The molecule has 0 bridgehead atoms. The molecule has 2 rings (SSSR count). The molecule has 0 spiro atoms. The van der Waals surface area contributed by atoms with Crippen LogP contribution in [0.2, 0.25) is 0 Å². The second-order valence-corrected chi connectivity index (χ2v) is 7.17. The van der Waals surface area contributed by atoms with Crippen LogP contribution in [-0.4, -0.2) is 30.8 Å². The van der Waals surface area contributed by atoms with E-state index in [1.54, 1.807) is 6.92 Å². The van der Waals surface area contributed by atoms with Crippen molar-refractivity contribution in [2.75, 3.05) is 19.6 Å². The smallest absolute Gasteiger partial charge is 0.124 e. The standard InChI is InChI=1S/C20H27BrN2O2.2ClH/c1-15-3-5-17(6-4-15)14-25-20-8-7-19(21)11-18(20)13-23-10-9-22-12-16(2)24;;/h3-8,11,16,22-24H,9-10,12-14H2,1-2H3;2*1H. The highest BCUT2D eigenvalue weighted by atomic mass is 79.9. The van der Waals surface area contributed by atoms with E-state index in [-0.39, 0.29) is 30.9 Å². The van der Waals surface area contributed by atoms with Gasteiger partial charge >= 0.3 is 0 Å². The monoisotopic (exact) mass is 478 g/mol. The second kappa shape index (κ2) is 14.2. The molecule has 7 heteroatoms. The molecule has 1 atom stereocenters. The van der Waals surface area contributed by atoms with Gasteiger partial charge in [-0.2, -0.15) is 0 Å². The van der Waals surface area contributed by atoms with E-state index in [4.69, 9.17) is 4.74 Å². The molecule has 27 heavy (non-hydrogen) atoms. The molecule has 0 amide bonds. The second-order valence-electron chi connectivity index (χ2n) is 6.26. The number of halogens is 3. The van der Waals surface area contributed by atoms with E-state index in [9.17, 15) is 5.11 Å². The average molecular weight is 480 g/mol. The lowest BCUT2D eigenvalue weighted by molar-refractivity contribution is 0.191. The SMILES string of the molecule is Cc1ccc(COc2ccc(Br)cc2CNCCNCC(C)O)cc1.Cl.Cl. The lowest BCUT2D eigenvalue weighted by atomic mass is 10.1. The topological polar surface area (TPSA) is 53.5 Å². The minimum atomic E-state index is -0.313. The zero-order valence-corrected chi connectivity index (χ0v) is 18.9. The van der Waals surface area contributed by atoms with Crippen molar-refractivity contribution in [2.45, 2.75) is 33.1 Å². The Labute approximate surface area is 183 Å². The van der Waals surface area contributed by atoms with Gasteiger partial charge in [-0.25, -0.2) is 0 Å². The van der Waals surface area contributed by atoms with Crippen LogP contribution in [0.1, 0.15) is 23.6 Å². The molecule has 2 aromatic rings. The number of benzene rings is 2. The van der Waals surface area contributed by atoms with Gasteiger partial charge < -0.3 is 20.5 Å². The Hall–Kier alpha value is -0.820. The van der Waals surface area contributed by atoms with Crippen molar-refractivity contribution in [2.24, 2.45) is 0 Å². The summed E-state index contributed by atoms with van der Waals surface area (Å²) < 4.78 is 7.06. The van der Waals surface area contributed by atoms with E-state index in [1.807, 2.05) is 12.1 Å². The van der Waals surface area contributed by atoms with Gasteiger partial charge in [0.25, 0.3) is 0 Å². The van der Waals surface area contributed by atoms with Gasteiger partial charge in [-0.15, -0.1) is 24.8 Å². The molecule has 2 aromatic carbocycles. The zero-order valence-electron chi connectivity index (χ0n) is 15.7. The summed E-state index contributed by atoms with van der Waals surface area (Å²) in [7, 11) is 0. The van der Waals surface area contributed by atoms with Crippen LogP contribution in [0.4, 0.5) is 0 Å². The van der Waals surface area contributed by atoms with Crippen LogP contribution in [0.5, 0.6) is 5.75 Å². The van der Waals surface area contributed by atoms with Gasteiger partial charge in [-0.05, 0) is 37.6 Å². The maximum Gasteiger partial charge on any atom is 0.124 e. The van der Waals surface area contributed by atoms with E-state index < -0.39 is 0 Å². The molecule has 0 aliphatic rings. The average Bonchev–Trinajstić information content (AvgIpc) is 2.58. The summed E-state index contributed by atoms with van der Waals surface area (Å²) >= 11 is 3.53. The summed E-state index contributed by atoms with van der Waals surface area (Å²) in [4.78, 5) is 0. The Bertz CT molecular complexity index is 655. The van der Waals surface area contributed by atoms with Crippen LogP contribution >= 0.6 is 40.7 Å². The largest absolute Gasteiger partial charge is 0.489 e. The van der Waals surface area contributed by atoms with Gasteiger partial charge in [0.05, 0.1) is 6.10 Å². The van der Waals surface area contributed by atoms with Crippen LogP contribution in [-0.2, 0) is 13.2 Å². The summed E-state index contributed by atoms with van der Waals surface area (Å²) in [5.41, 5.74) is 3.54. The van der Waals surface area contributed by atoms with Crippen molar-refractivity contribution in [3.05, 3.63) is 63.6 Å². The number of nitrogens with one attached hydrogen (secondary N) is 2. The fourth-order valence-corrected chi connectivity index (χ4v) is 2.79. The van der Waals surface area contributed by atoms with Crippen LogP contribution in [0, 0.1) is 6.92 Å². The Balaban J connectivity index is 0.00000338. The molecule has 0 fully saturated rings. The summed E-state index contributed by atoms with van der Waals surface area (Å²) in [6.45, 7) is 7.42. The van der Waals surface area contributed by atoms with E-state index >= 15 is 0 Å². The predicted octanol–water partition coefficient (Wildman–Crippen LogP) is 4.24. The lowest BCUT2D eigenvalue weighted by Crippen LogP contribution is -2.31.